The molecule has 0 aliphatic heterocycles. The van der Waals surface area contributed by atoms with Gasteiger partial charge in [0, 0.05) is 12.2 Å². The van der Waals surface area contributed by atoms with E-state index >= 15 is 0 Å². The van der Waals surface area contributed by atoms with Crippen LogP contribution in [0.15, 0.2) is 18.2 Å². The van der Waals surface area contributed by atoms with Crippen LogP contribution in [-0.4, -0.2) is 13.1 Å². The molecule has 2 nitrogen and oxygen atoms in total. The quantitative estimate of drug-likeness (QED) is 0.757. The van der Waals surface area contributed by atoms with Crippen molar-refractivity contribution in [2.45, 2.75) is 19.8 Å². The molecule has 1 rings (SSSR count). The van der Waals surface area contributed by atoms with E-state index < -0.39 is 0 Å². The summed E-state index contributed by atoms with van der Waals surface area (Å²) in [5, 5.41) is 3.25. The predicted octanol–water partition coefficient (Wildman–Crippen LogP) is 2.15. The first kappa shape index (κ1) is 11.0. The number of nitrogens with two attached hydrogens (primary N) is 1. The first-order chi connectivity index (χ1) is 6.77. The molecule has 78 valence electrons. The van der Waals surface area contributed by atoms with Crippen LogP contribution in [0.25, 0.3) is 0 Å². The van der Waals surface area contributed by atoms with Crippen LogP contribution >= 0.6 is 0 Å². The van der Waals surface area contributed by atoms with Gasteiger partial charge in [-0.05, 0) is 43.1 Å². The zero-order valence-corrected chi connectivity index (χ0v) is 8.52. The Balaban J connectivity index is 2.78. The second kappa shape index (κ2) is 5.60. The summed E-state index contributed by atoms with van der Waals surface area (Å²) < 4.78 is 12.9. The highest BCUT2D eigenvalue weighted by molar-refractivity contribution is 5.51. The van der Waals surface area contributed by atoms with Crippen molar-refractivity contribution in [1.82, 2.24) is 0 Å². The molecule has 0 atom stereocenters. The molecule has 3 N–H and O–H groups in total. The normalized spacial score (nSPS) is 10.2. The second-order valence-electron chi connectivity index (χ2n) is 3.27. The van der Waals surface area contributed by atoms with Crippen molar-refractivity contribution in [2.75, 3.05) is 18.4 Å². The molecule has 0 saturated heterocycles. The third-order valence-corrected chi connectivity index (χ3v) is 2.05. The van der Waals surface area contributed by atoms with E-state index in [0.29, 0.717) is 13.0 Å². The van der Waals surface area contributed by atoms with E-state index in [1.54, 1.807) is 12.1 Å². The van der Waals surface area contributed by atoms with Crippen molar-refractivity contribution in [3.05, 3.63) is 29.6 Å². The maximum Gasteiger partial charge on any atom is 0.123 e. The Morgan fingerprint density at radius 2 is 2.21 bits per heavy atom. The highest BCUT2D eigenvalue weighted by Crippen LogP contribution is 2.17. The first-order valence-electron chi connectivity index (χ1n) is 5.00. The fraction of sp³-hybridized carbons (Fsp3) is 0.455. The molecule has 0 spiro atoms. The van der Waals surface area contributed by atoms with E-state index in [0.717, 1.165) is 24.2 Å². The first-order valence-corrected chi connectivity index (χ1v) is 5.00. The van der Waals surface area contributed by atoms with Gasteiger partial charge in [0.15, 0.2) is 0 Å². The molecule has 0 aliphatic rings. The third kappa shape index (κ3) is 3.00. The molecule has 0 unspecified atom stereocenters. The van der Waals surface area contributed by atoms with E-state index in [2.05, 4.69) is 12.2 Å². The van der Waals surface area contributed by atoms with Gasteiger partial charge in [0.25, 0.3) is 0 Å². The van der Waals surface area contributed by atoms with E-state index in [-0.39, 0.29) is 5.82 Å². The average molecular weight is 196 g/mol. The fourth-order valence-corrected chi connectivity index (χ4v) is 1.36. The number of nitrogens with one attached hydrogen (secondary N) is 1. The van der Waals surface area contributed by atoms with Gasteiger partial charge in [-0.25, -0.2) is 4.39 Å². The zero-order valence-electron chi connectivity index (χ0n) is 8.52. The summed E-state index contributed by atoms with van der Waals surface area (Å²) in [5.41, 5.74) is 7.42. The topological polar surface area (TPSA) is 38.0 Å². The summed E-state index contributed by atoms with van der Waals surface area (Å²) in [4.78, 5) is 0. The molecule has 14 heavy (non-hydrogen) atoms. The molecule has 0 aliphatic carbocycles. The summed E-state index contributed by atoms with van der Waals surface area (Å²) >= 11 is 0. The molecule has 1 aromatic carbocycles. The Labute approximate surface area is 84.3 Å². The standard InChI is InChI=1S/C11H17FN2/c1-2-7-14-11-4-3-10(12)8-9(11)5-6-13/h3-4,8,14H,2,5-7,13H2,1H3. The van der Waals surface area contributed by atoms with Gasteiger partial charge in [0.2, 0.25) is 0 Å². The molecule has 3 heteroatoms. The van der Waals surface area contributed by atoms with Gasteiger partial charge >= 0.3 is 0 Å². The minimum absolute atomic E-state index is 0.199. The lowest BCUT2D eigenvalue weighted by Crippen LogP contribution is -2.08. The van der Waals surface area contributed by atoms with Gasteiger partial charge in [0.1, 0.15) is 5.82 Å². The van der Waals surface area contributed by atoms with Crippen LogP contribution in [0.2, 0.25) is 0 Å². The molecule has 0 radical (unpaired) electrons. The Hall–Kier alpha value is -1.09. The van der Waals surface area contributed by atoms with Crippen LogP contribution in [0, 0.1) is 5.82 Å². The summed E-state index contributed by atoms with van der Waals surface area (Å²) in [5.74, 6) is -0.199. The van der Waals surface area contributed by atoms with Crippen molar-refractivity contribution in [1.29, 1.82) is 0 Å². The van der Waals surface area contributed by atoms with Crippen LogP contribution in [-0.2, 0) is 6.42 Å². The van der Waals surface area contributed by atoms with Gasteiger partial charge in [-0.1, -0.05) is 6.92 Å². The monoisotopic (exact) mass is 196 g/mol. The van der Waals surface area contributed by atoms with Crippen LogP contribution in [0.5, 0.6) is 0 Å². The largest absolute Gasteiger partial charge is 0.385 e. The summed E-state index contributed by atoms with van der Waals surface area (Å²) in [6, 6.07) is 4.79. The van der Waals surface area contributed by atoms with Crippen molar-refractivity contribution in [3.8, 4) is 0 Å². The van der Waals surface area contributed by atoms with Gasteiger partial charge in [-0.15, -0.1) is 0 Å². The predicted molar refractivity (Wildman–Crippen MR) is 57.9 cm³/mol. The SMILES string of the molecule is CCCNc1ccc(F)cc1CCN. The second-order valence-corrected chi connectivity index (χ2v) is 3.27. The van der Waals surface area contributed by atoms with Crippen LogP contribution < -0.4 is 11.1 Å². The van der Waals surface area contributed by atoms with E-state index in [9.17, 15) is 4.39 Å². The van der Waals surface area contributed by atoms with Crippen molar-refractivity contribution < 1.29 is 4.39 Å². The minimum Gasteiger partial charge on any atom is -0.385 e. The van der Waals surface area contributed by atoms with Crippen LogP contribution in [0.4, 0.5) is 10.1 Å². The molecular formula is C11H17FN2. The van der Waals surface area contributed by atoms with E-state index in [1.165, 1.54) is 6.07 Å². The molecule has 0 bridgehead atoms. The smallest absolute Gasteiger partial charge is 0.123 e. The highest BCUT2D eigenvalue weighted by atomic mass is 19.1. The molecule has 1 aromatic rings. The summed E-state index contributed by atoms with van der Waals surface area (Å²) in [6.45, 7) is 3.55. The average Bonchev–Trinajstić information content (AvgIpc) is 2.17. The number of anilines is 1. The highest BCUT2D eigenvalue weighted by Gasteiger charge is 2.02. The lowest BCUT2D eigenvalue weighted by molar-refractivity contribution is 0.625. The van der Waals surface area contributed by atoms with Gasteiger partial charge < -0.3 is 11.1 Å². The Bertz CT molecular complexity index is 287. The van der Waals surface area contributed by atoms with Crippen LogP contribution in [0.1, 0.15) is 18.9 Å². The van der Waals surface area contributed by atoms with Crippen LogP contribution in [0.3, 0.4) is 0 Å². The lowest BCUT2D eigenvalue weighted by atomic mass is 10.1. The molecule has 0 fully saturated rings. The minimum atomic E-state index is -0.199. The maximum absolute atomic E-state index is 12.9. The van der Waals surface area contributed by atoms with E-state index in [1.807, 2.05) is 0 Å². The third-order valence-electron chi connectivity index (χ3n) is 2.05. The fourth-order valence-electron chi connectivity index (χ4n) is 1.36. The number of hydrogen-bond donors (Lipinski definition) is 2. The molecule has 0 saturated carbocycles. The molecule has 0 heterocycles. The van der Waals surface area contributed by atoms with Crippen molar-refractivity contribution in [2.24, 2.45) is 5.73 Å². The summed E-state index contributed by atoms with van der Waals surface area (Å²) in [6.07, 6.45) is 1.77. The number of halogens is 1. The molecule has 0 amide bonds. The van der Waals surface area contributed by atoms with Crippen molar-refractivity contribution >= 4 is 5.69 Å². The number of benzene rings is 1. The van der Waals surface area contributed by atoms with Crippen molar-refractivity contribution in [3.63, 3.8) is 0 Å². The van der Waals surface area contributed by atoms with Gasteiger partial charge in [-0.2, -0.15) is 0 Å². The molecular weight excluding hydrogens is 179 g/mol. The zero-order chi connectivity index (χ0) is 10.4. The summed E-state index contributed by atoms with van der Waals surface area (Å²) in [7, 11) is 0. The van der Waals surface area contributed by atoms with Gasteiger partial charge in [-0.3, -0.25) is 0 Å². The Kier molecular flexibility index (Phi) is 4.40. The number of rotatable bonds is 5. The Morgan fingerprint density at radius 3 is 2.86 bits per heavy atom. The van der Waals surface area contributed by atoms with Gasteiger partial charge in [0.05, 0.1) is 0 Å². The number of hydrogen-bond acceptors (Lipinski definition) is 2. The van der Waals surface area contributed by atoms with E-state index in [4.69, 9.17) is 5.73 Å². The maximum atomic E-state index is 12.9. The molecule has 0 aromatic heterocycles. The lowest BCUT2D eigenvalue weighted by Gasteiger charge is -2.10. The Morgan fingerprint density at radius 1 is 1.43 bits per heavy atom.